The van der Waals surface area contributed by atoms with Crippen molar-refractivity contribution in [2.75, 3.05) is 13.6 Å². The molecule has 0 bridgehead atoms. The number of amides is 1. The summed E-state index contributed by atoms with van der Waals surface area (Å²) in [5.74, 6) is 0.141. The van der Waals surface area contributed by atoms with Crippen molar-refractivity contribution in [3.05, 3.63) is 30.2 Å². The molecule has 0 unspecified atom stereocenters. The second-order valence-electron chi connectivity index (χ2n) is 4.50. The third-order valence-electron chi connectivity index (χ3n) is 3.02. The number of hydrogen-bond donors (Lipinski definition) is 0. The van der Waals surface area contributed by atoms with Gasteiger partial charge in [0.2, 0.25) is 5.91 Å². The number of unbranched alkanes of at least 4 members (excludes halogenated alkanes) is 1. The number of oxazole rings is 1. The maximum Gasteiger partial charge on any atom is 0.226 e. The summed E-state index contributed by atoms with van der Waals surface area (Å²) in [6.07, 6.45) is 3.98. The summed E-state index contributed by atoms with van der Waals surface area (Å²) in [6, 6.07) is 5.69. The normalized spacial score (nSPS) is 10.8. The minimum absolute atomic E-state index is 0.141. The van der Waals surface area contributed by atoms with E-state index in [4.69, 9.17) is 4.42 Å². The Balaban J connectivity index is 2.01. The van der Waals surface area contributed by atoms with Crippen LogP contribution in [0.2, 0.25) is 0 Å². The fraction of sp³-hybridized carbons (Fsp3) is 0.429. The molecule has 2 rings (SSSR count). The lowest BCUT2D eigenvalue weighted by molar-refractivity contribution is -0.129. The Kier molecular flexibility index (Phi) is 3.97. The Morgan fingerprint density at radius 2 is 2.28 bits per heavy atom. The topological polar surface area (TPSA) is 46.3 Å². The highest BCUT2D eigenvalue weighted by Crippen LogP contribution is 2.15. The highest BCUT2D eigenvalue weighted by atomic mass is 16.3. The molecule has 0 atom stereocenters. The van der Waals surface area contributed by atoms with Gasteiger partial charge < -0.3 is 9.32 Å². The number of carbonyl (C=O) groups is 1. The summed E-state index contributed by atoms with van der Waals surface area (Å²) in [5.41, 5.74) is 2.52. The zero-order valence-corrected chi connectivity index (χ0v) is 10.8. The molecule has 4 heteroatoms. The molecule has 0 N–H and O–H groups in total. The predicted molar refractivity (Wildman–Crippen MR) is 70.3 cm³/mol. The van der Waals surface area contributed by atoms with E-state index in [1.165, 1.54) is 6.39 Å². The molecule has 1 aromatic heterocycles. The standard InChI is InChI=1S/C14H18N2O2/c1-3-4-7-16(2)14(17)9-11-5-6-12-13(8-11)18-10-15-12/h5-6,8,10H,3-4,7,9H2,1-2H3. The summed E-state index contributed by atoms with van der Waals surface area (Å²) >= 11 is 0. The van der Waals surface area contributed by atoms with Crippen LogP contribution in [0.1, 0.15) is 25.3 Å². The van der Waals surface area contributed by atoms with E-state index < -0.39 is 0 Å². The second kappa shape index (κ2) is 5.67. The predicted octanol–water partition coefficient (Wildman–Crippen LogP) is 2.63. The Labute approximate surface area is 107 Å². The molecular formula is C14H18N2O2. The van der Waals surface area contributed by atoms with E-state index in [9.17, 15) is 4.79 Å². The Hall–Kier alpha value is -1.84. The molecule has 4 nitrogen and oxygen atoms in total. The van der Waals surface area contributed by atoms with Crippen LogP contribution in [0.15, 0.2) is 29.0 Å². The van der Waals surface area contributed by atoms with E-state index in [2.05, 4.69) is 11.9 Å². The van der Waals surface area contributed by atoms with Gasteiger partial charge in [-0.25, -0.2) is 4.98 Å². The molecule has 0 spiro atoms. The lowest BCUT2D eigenvalue weighted by atomic mass is 10.1. The number of carbonyl (C=O) groups excluding carboxylic acids is 1. The van der Waals surface area contributed by atoms with Gasteiger partial charge in [0, 0.05) is 13.6 Å². The van der Waals surface area contributed by atoms with Crippen LogP contribution in [-0.2, 0) is 11.2 Å². The smallest absolute Gasteiger partial charge is 0.226 e. The molecule has 1 amide bonds. The summed E-state index contributed by atoms with van der Waals surface area (Å²) in [5, 5.41) is 0. The molecule has 0 radical (unpaired) electrons. The fourth-order valence-corrected chi connectivity index (χ4v) is 1.84. The molecule has 0 aliphatic heterocycles. The van der Waals surface area contributed by atoms with E-state index in [0.29, 0.717) is 6.42 Å². The van der Waals surface area contributed by atoms with Crippen LogP contribution < -0.4 is 0 Å². The molecule has 0 saturated carbocycles. The van der Waals surface area contributed by atoms with Crippen molar-refractivity contribution in [1.29, 1.82) is 0 Å². The van der Waals surface area contributed by atoms with Gasteiger partial charge in [-0.15, -0.1) is 0 Å². The molecule has 0 fully saturated rings. The summed E-state index contributed by atoms with van der Waals surface area (Å²) < 4.78 is 5.23. The molecule has 0 saturated heterocycles. The average Bonchev–Trinajstić information content (AvgIpc) is 2.83. The van der Waals surface area contributed by atoms with Gasteiger partial charge in [0.15, 0.2) is 12.0 Å². The van der Waals surface area contributed by atoms with E-state index in [0.717, 1.165) is 36.0 Å². The minimum Gasteiger partial charge on any atom is -0.443 e. The number of nitrogens with zero attached hydrogens (tertiary/aromatic N) is 2. The summed E-state index contributed by atoms with van der Waals surface area (Å²) in [7, 11) is 1.85. The highest BCUT2D eigenvalue weighted by Gasteiger charge is 2.10. The third kappa shape index (κ3) is 2.88. The van der Waals surface area contributed by atoms with Crippen molar-refractivity contribution in [2.45, 2.75) is 26.2 Å². The van der Waals surface area contributed by atoms with E-state index >= 15 is 0 Å². The van der Waals surface area contributed by atoms with Crippen molar-refractivity contribution >= 4 is 17.0 Å². The Bertz CT molecular complexity index is 533. The van der Waals surface area contributed by atoms with Gasteiger partial charge in [0.25, 0.3) is 0 Å². The lowest BCUT2D eigenvalue weighted by Crippen LogP contribution is -2.29. The van der Waals surface area contributed by atoms with E-state index in [1.54, 1.807) is 4.90 Å². The van der Waals surface area contributed by atoms with Gasteiger partial charge in [0.05, 0.1) is 6.42 Å². The maximum absolute atomic E-state index is 12.0. The SMILES string of the molecule is CCCCN(C)C(=O)Cc1ccc2ncoc2c1. The first kappa shape index (κ1) is 12.6. The number of hydrogen-bond acceptors (Lipinski definition) is 3. The summed E-state index contributed by atoms with van der Waals surface area (Å²) in [6.45, 7) is 2.94. The van der Waals surface area contributed by atoms with Crippen LogP contribution in [0.4, 0.5) is 0 Å². The molecular weight excluding hydrogens is 228 g/mol. The van der Waals surface area contributed by atoms with Gasteiger partial charge in [-0.3, -0.25) is 4.79 Å². The third-order valence-corrected chi connectivity index (χ3v) is 3.02. The molecule has 1 heterocycles. The highest BCUT2D eigenvalue weighted by molar-refractivity contribution is 5.80. The zero-order chi connectivity index (χ0) is 13.0. The number of likely N-dealkylation sites (N-methyl/N-ethyl adjacent to an activating group) is 1. The van der Waals surface area contributed by atoms with Crippen LogP contribution in [0.3, 0.4) is 0 Å². The van der Waals surface area contributed by atoms with Crippen molar-refractivity contribution in [3.63, 3.8) is 0 Å². The largest absolute Gasteiger partial charge is 0.443 e. The minimum atomic E-state index is 0.141. The van der Waals surface area contributed by atoms with Crippen molar-refractivity contribution in [1.82, 2.24) is 9.88 Å². The monoisotopic (exact) mass is 246 g/mol. The summed E-state index contributed by atoms with van der Waals surface area (Å²) in [4.78, 5) is 17.8. The van der Waals surface area contributed by atoms with Gasteiger partial charge in [-0.2, -0.15) is 0 Å². The molecule has 0 aliphatic rings. The number of rotatable bonds is 5. The fourth-order valence-electron chi connectivity index (χ4n) is 1.84. The average molecular weight is 246 g/mol. The second-order valence-corrected chi connectivity index (χ2v) is 4.50. The molecule has 0 aliphatic carbocycles. The first-order valence-corrected chi connectivity index (χ1v) is 6.27. The number of aromatic nitrogens is 1. The van der Waals surface area contributed by atoms with Gasteiger partial charge in [-0.1, -0.05) is 19.4 Å². The van der Waals surface area contributed by atoms with Gasteiger partial charge >= 0.3 is 0 Å². The van der Waals surface area contributed by atoms with Crippen molar-refractivity contribution in [3.8, 4) is 0 Å². The zero-order valence-electron chi connectivity index (χ0n) is 10.8. The van der Waals surface area contributed by atoms with Crippen LogP contribution in [0, 0.1) is 0 Å². The quantitative estimate of drug-likeness (QED) is 0.814. The van der Waals surface area contributed by atoms with Gasteiger partial charge in [0.1, 0.15) is 5.52 Å². The molecule has 96 valence electrons. The Morgan fingerprint density at radius 1 is 1.44 bits per heavy atom. The first-order valence-electron chi connectivity index (χ1n) is 6.27. The Morgan fingerprint density at radius 3 is 3.06 bits per heavy atom. The van der Waals surface area contributed by atoms with E-state index in [-0.39, 0.29) is 5.91 Å². The molecule has 2 aromatic rings. The molecule has 1 aromatic carbocycles. The van der Waals surface area contributed by atoms with Crippen LogP contribution in [0.25, 0.3) is 11.1 Å². The van der Waals surface area contributed by atoms with Crippen LogP contribution >= 0.6 is 0 Å². The number of benzene rings is 1. The molecule has 18 heavy (non-hydrogen) atoms. The first-order chi connectivity index (χ1) is 8.70. The van der Waals surface area contributed by atoms with Crippen LogP contribution in [0.5, 0.6) is 0 Å². The number of fused-ring (bicyclic) bond motifs is 1. The van der Waals surface area contributed by atoms with Crippen LogP contribution in [-0.4, -0.2) is 29.4 Å². The van der Waals surface area contributed by atoms with Crippen molar-refractivity contribution < 1.29 is 9.21 Å². The van der Waals surface area contributed by atoms with Gasteiger partial charge in [-0.05, 0) is 24.1 Å². The maximum atomic E-state index is 12.0. The lowest BCUT2D eigenvalue weighted by Gasteiger charge is -2.16. The van der Waals surface area contributed by atoms with E-state index in [1.807, 2.05) is 25.2 Å². The van der Waals surface area contributed by atoms with Crippen molar-refractivity contribution in [2.24, 2.45) is 0 Å².